The standard InChI is InChI=1S/C16H26N2OS/c1-4-16(8-5-9-17-11-16)15(19)18-12(2)10-14-7-6-13(3)20-14/h6-7,12,17H,4-5,8-11H2,1-3H3,(H,18,19). The van der Waals surface area contributed by atoms with E-state index in [1.54, 1.807) is 0 Å². The maximum absolute atomic E-state index is 12.6. The second-order valence-corrected chi connectivity index (χ2v) is 7.38. The lowest BCUT2D eigenvalue weighted by Crippen LogP contribution is -2.52. The van der Waals surface area contributed by atoms with E-state index in [9.17, 15) is 4.79 Å². The Bertz CT molecular complexity index is 449. The first-order valence-electron chi connectivity index (χ1n) is 7.63. The molecule has 0 aliphatic carbocycles. The molecule has 0 spiro atoms. The molecule has 4 heteroatoms. The summed E-state index contributed by atoms with van der Waals surface area (Å²) in [5.74, 6) is 0.230. The zero-order valence-electron chi connectivity index (χ0n) is 12.8. The first kappa shape index (κ1) is 15.5. The van der Waals surface area contributed by atoms with Gasteiger partial charge < -0.3 is 10.6 Å². The van der Waals surface area contributed by atoms with Gasteiger partial charge in [-0.15, -0.1) is 11.3 Å². The molecule has 1 fully saturated rings. The topological polar surface area (TPSA) is 41.1 Å². The van der Waals surface area contributed by atoms with Crippen molar-refractivity contribution in [1.29, 1.82) is 0 Å². The lowest BCUT2D eigenvalue weighted by atomic mass is 9.77. The van der Waals surface area contributed by atoms with Crippen LogP contribution < -0.4 is 10.6 Å². The molecule has 1 amide bonds. The summed E-state index contributed by atoms with van der Waals surface area (Å²) in [5.41, 5.74) is -0.197. The van der Waals surface area contributed by atoms with E-state index < -0.39 is 0 Å². The molecule has 1 saturated heterocycles. The number of carbonyl (C=O) groups is 1. The highest BCUT2D eigenvalue weighted by molar-refractivity contribution is 7.11. The van der Waals surface area contributed by atoms with Crippen LogP contribution in [0.4, 0.5) is 0 Å². The van der Waals surface area contributed by atoms with Gasteiger partial charge >= 0.3 is 0 Å². The second-order valence-electron chi connectivity index (χ2n) is 6.01. The summed E-state index contributed by atoms with van der Waals surface area (Å²) in [6.07, 6.45) is 3.95. The molecule has 1 aliphatic heterocycles. The lowest BCUT2D eigenvalue weighted by Gasteiger charge is -2.36. The Hall–Kier alpha value is -0.870. The van der Waals surface area contributed by atoms with Crippen molar-refractivity contribution in [2.45, 2.75) is 52.5 Å². The molecule has 112 valence electrons. The molecule has 1 aromatic rings. The Morgan fingerprint density at radius 1 is 1.55 bits per heavy atom. The third-order valence-corrected chi connectivity index (χ3v) is 5.33. The Kier molecular flexibility index (Phi) is 5.22. The maximum atomic E-state index is 12.6. The van der Waals surface area contributed by atoms with E-state index in [-0.39, 0.29) is 17.4 Å². The van der Waals surface area contributed by atoms with Crippen LogP contribution in [0.1, 0.15) is 42.9 Å². The minimum absolute atomic E-state index is 0.197. The zero-order valence-corrected chi connectivity index (χ0v) is 13.6. The van der Waals surface area contributed by atoms with Crippen LogP contribution in [0, 0.1) is 12.3 Å². The first-order valence-corrected chi connectivity index (χ1v) is 8.44. The molecule has 0 saturated carbocycles. The van der Waals surface area contributed by atoms with Crippen molar-refractivity contribution in [3.63, 3.8) is 0 Å². The summed E-state index contributed by atoms with van der Waals surface area (Å²) in [7, 11) is 0. The van der Waals surface area contributed by atoms with Crippen LogP contribution in [-0.4, -0.2) is 25.0 Å². The van der Waals surface area contributed by atoms with Gasteiger partial charge in [-0.25, -0.2) is 0 Å². The van der Waals surface area contributed by atoms with Crippen molar-refractivity contribution in [1.82, 2.24) is 10.6 Å². The molecule has 2 N–H and O–H groups in total. The fourth-order valence-electron chi connectivity index (χ4n) is 2.95. The number of piperidine rings is 1. The van der Waals surface area contributed by atoms with Crippen LogP contribution in [-0.2, 0) is 11.2 Å². The highest BCUT2D eigenvalue weighted by Crippen LogP contribution is 2.30. The van der Waals surface area contributed by atoms with Gasteiger partial charge in [0.2, 0.25) is 5.91 Å². The number of hydrogen-bond donors (Lipinski definition) is 2. The van der Waals surface area contributed by atoms with Crippen LogP contribution >= 0.6 is 11.3 Å². The van der Waals surface area contributed by atoms with Gasteiger partial charge in [0.15, 0.2) is 0 Å². The Balaban J connectivity index is 1.92. The molecule has 2 atom stereocenters. The van der Waals surface area contributed by atoms with Crippen LogP contribution in [0.2, 0.25) is 0 Å². The summed E-state index contributed by atoms with van der Waals surface area (Å²) in [4.78, 5) is 15.3. The molecule has 2 rings (SSSR count). The van der Waals surface area contributed by atoms with Gasteiger partial charge in [0, 0.05) is 28.8 Å². The van der Waals surface area contributed by atoms with Gasteiger partial charge in [0.25, 0.3) is 0 Å². The fraction of sp³-hybridized carbons (Fsp3) is 0.688. The summed E-state index contributed by atoms with van der Waals surface area (Å²) in [6.45, 7) is 8.21. The van der Waals surface area contributed by atoms with Crippen LogP contribution in [0.5, 0.6) is 0 Å². The quantitative estimate of drug-likeness (QED) is 0.877. The molecule has 2 unspecified atom stereocenters. The first-order chi connectivity index (χ1) is 9.55. The molecular formula is C16H26N2OS. The van der Waals surface area contributed by atoms with Crippen LogP contribution in [0.15, 0.2) is 12.1 Å². The van der Waals surface area contributed by atoms with E-state index in [1.807, 2.05) is 11.3 Å². The fourth-order valence-corrected chi connectivity index (χ4v) is 3.97. The van der Waals surface area contributed by atoms with E-state index in [4.69, 9.17) is 0 Å². The third kappa shape index (κ3) is 3.61. The van der Waals surface area contributed by atoms with Gasteiger partial charge in [-0.1, -0.05) is 6.92 Å². The third-order valence-electron chi connectivity index (χ3n) is 4.31. The maximum Gasteiger partial charge on any atom is 0.227 e. The number of nitrogens with one attached hydrogen (secondary N) is 2. The molecule has 20 heavy (non-hydrogen) atoms. The van der Waals surface area contributed by atoms with E-state index in [0.717, 1.165) is 38.8 Å². The molecule has 3 nitrogen and oxygen atoms in total. The number of rotatable bonds is 5. The molecule has 2 heterocycles. The Labute approximate surface area is 126 Å². The normalized spacial score (nSPS) is 24.4. The largest absolute Gasteiger partial charge is 0.353 e. The number of aryl methyl sites for hydroxylation is 1. The minimum Gasteiger partial charge on any atom is -0.353 e. The molecule has 0 bridgehead atoms. The number of carbonyl (C=O) groups excluding carboxylic acids is 1. The number of hydrogen-bond acceptors (Lipinski definition) is 3. The average Bonchev–Trinajstić information content (AvgIpc) is 2.84. The highest BCUT2D eigenvalue weighted by atomic mass is 32.1. The van der Waals surface area contributed by atoms with E-state index >= 15 is 0 Å². The van der Waals surface area contributed by atoms with Crippen LogP contribution in [0.3, 0.4) is 0 Å². The molecule has 1 aromatic heterocycles. The van der Waals surface area contributed by atoms with Gasteiger partial charge in [-0.3, -0.25) is 4.79 Å². The van der Waals surface area contributed by atoms with Gasteiger partial charge in [0.05, 0.1) is 5.41 Å². The number of thiophene rings is 1. The lowest BCUT2D eigenvalue weighted by molar-refractivity contribution is -0.133. The molecular weight excluding hydrogens is 268 g/mol. The monoisotopic (exact) mass is 294 g/mol. The highest BCUT2D eigenvalue weighted by Gasteiger charge is 2.38. The van der Waals surface area contributed by atoms with Gasteiger partial charge in [0.1, 0.15) is 0 Å². The van der Waals surface area contributed by atoms with E-state index in [2.05, 4.69) is 43.5 Å². The Morgan fingerprint density at radius 2 is 2.35 bits per heavy atom. The molecule has 0 radical (unpaired) electrons. The predicted molar refractivity (Wildman–Crippen MR) is 85.2 cm³/mol. The molecule has 0 aromatic carbocycles. The van der Waals surface area contributed by atoms with Gasteiger partial charge in [-0.2, -0.15) is 0 Å². The zero-order chi connectivity index (χ0) is 14.6. The van der Waals surface area contributed by atoms with E-state index in [0.29, 0.717) is 0 Å². The van der Waals surface area contributed by atoms with E-state index in [1.165, 1.54) is 9.75 Å². The average molecular weight is 294 g/mol. The Morgan fingerprint density at radius 3 is 2.90 bits per heavy atom. The summed E-state index contributed by atoms with van der Waals surface area (Å²) in [6, 6.07) is 4.51. The smallest absolute Gasteiger partial charge is 0.227 e. The summed E-state index contributed by atoms with van der Waals surface area (Å²) in [5, 5.41) is 6.60. The summed E-state index contributed by atoms with van der Waals surface area (Å²) >= 11 is 1.82. The van der Waals surface area contributed by atoms with Gasteiger partial charge in [-0.05, 0) is 51.8 Å². The molecule has 1 aliphatic rings. The SMILES string of the molecule is CCC1(C(=O)NC(C)Cc2ccc(C)s2)CCCNC1. The van der Waals surface area contributed by atoms with Crippen molar-refractivity contribution in [3.05, 3.63) is 21.9 Å². The van der Waals surface area contributed by atoms with Crippen molar-refractivity contribution in [2.75, 3.05) is 13.1 Å². The van der Waals surface area contributed by atoms with Crippen LogP contribution in [0.25, 0.3) is 0 Å². The van der Waals surface area contributed by atoms with Crippen molar-refractivity contribution < 1.29 is 4.79 Å². The second kappa shape index (κ2) is 6.72. The minimum atomic E-state index is -0.197. The summed E-state index contributed by atoms with van der Waals surface area (Å²) < 4.78 is 0. The number of amides is 1. The van der Waals surface area contributed by atoms with Crippen molar-refractivity contribution >= 4 is 17.2 Å². The van der Waals surface area contributed by atoms with Crippen molar-refractivity contribution in [2.24, 2.45) is 5.41 Å². The predicted octanol–water partition coefficient (Wildman–Crippen LogP) is 2.88. The van der Waals surface area contributed by atoms with Crippen molar-refractivity contribution in [3.8, 4) is 0 Å².